The average molecular weight is 344 g/mol. The Morgan fingerprint density at radius 3 is 2.68 bits per heavy atom. The van der Waals surface area contributed by atoms with Gasteiger partial charge in [-0.3, -0.25) is 14.4 Å². The Hall–Kier alpha value is -1.29. The molecule has 0 saturated heterocycles. The first kappa shape index (κ1) is 17.1. The van der Waals surface area contributed by atoms with E-state index in [0.29, 0.717) is 24.7 Å². The van der Waals surface area contributed by atoms with E-state index < -0.39 is 6.61 Å². The zero-order valence-corrected chi connectivity index (χ0v) is 15.2. The molecule has 25 heavy (non-hydrogen) atoms. The summed E-state index contributed by atoms with van der Waals surface area (Å²) in [5.74, 6) is 0.913. The lowest BCUT2D eigenvalue weighted by Crippen LogP contribution is -2.55. The summed E-state index contributed by atoms with van der Waals surface area (Å²) in [7, 11) is 0. The minimum absolute atomic E-state index is 0.00153. The Morgan fingerprint density at radius 2 is 1.96 bits per heavy atom. The molecule has 4 heteroatoms. The average Bonchev–Trinajstić information content (AvgIpc) is 2.91. The van der Waals surface area contributed by atoms with Crippen LogP contribution in [0.5, 0.6) is 0 Å². The maximum Gasteiger partial charge on any atom is 0.161 e. The molecule has 0 radical (unpaired) electrons. The van der Waals surface area contributed by atoms with E-state index in [1.807, 2.05) is 6.08 Å². The molecule has 0 amide bonds. The molecule has 4 aliphatic carbocycles. The fourth-order valence-electron chi connectivity index (χ4n) is 7.02. The number of aliphatic hydroxyl groups is 1. The van der Waals surface area contributed by atoms with Crippen LogP contribution >= 0.6 is 0 Å². The highest BCUT2D eigenvalue weighted by Gasteiger charge is 2.62. The molecule has 136 valence electrons. The van der Waals surface area contributed by atoms with Gasteiger partial charge in [0.25, 0.3) is 0 Å². The van der Waals surface area contributed by atoms with Crippen LogP contribution in [0.4, 0.5) is 0 Å². The quantitative estimate of drug-likeness (QED) is 0.836. The lowest BCUT2D eigenvalue weighted by molar-refractivity contribution is -0.149. The molecule has 0 aliphatic heterocycles. The first-order chi connectivity index (χ1) is 11.8. The van der Waals surface area contributed by atoms with Gasteiger partial charge in [0.15, 0.2) is 11.6 Å². The zero-order chi connectivity index (χ0) is 18.0. The number of hydrogen-bond donors (Lipinski definition) is 1. The summed E-state index contributed by atoms with van der Waals surface area (Å²) in [6, 6.07) is 0. The lowest BCUT2D eigenvalue weighted by Gasteiger charge is -2.56. The third-order valence-electron chi connectivity index (χ3n) is 8.19. The fraction of sp³-hybridized carbons (Fsp3) is 0.762. The summed E-state index contributed by atoms with van der Waals surface area (Å²) in [6.07, 6.45) is 7.23. The molecule has 0 bridgehead atoms. The van der Waals surface area contributed by atoms with Crippen molar-refractivity contribution < 1.29 is 19.5 Å². The normalized spacial score (nSPS) is 46.1. The van der Waals surface area contributed by atoms with Crippen LogP contribution in [0, 0.1) is 34.5 Å². The van der Waals surface area contributed by atoms with Gasteiger partial charge < -0.3 is 5.11 Å². The van der Waals surface area contributed by atoms with Gasteiger partial charge in [0, 0.05) is 24.7 Å². The van der Waals surface area contributed by atoms with E-state index in [1.165, 1.54) is 5.57 Å². The van der Waals surface area contributed by atoms with Crippen LogP contribution in [0.1, 0.15) is 58.8 Å². The Kier molecular flexibility index (Phi) is 3.84. The molecule has 3 saturated carbocycles. The highest BCUT2D eigenvalue weighted by Crippen LogP contribution is 2.65. The zero-order valence-electron chi connectivity index (χ0n) is 15.2. The third kappa shape index (κ3) is 2.26. The largest absolute Gasteiger partial charge is 0.389 e. The first-order valence-electron chi connectivity index (χ1n) is 9.71. The monoisotopic (exact) mass is 344 g/mol. The van der Waals surface area contributed by atoms with Crippen molar-refractivity contribution in [3.05, 3.63) is 11.6 Å². The van der Waals surface area contributed by atoms with Crippen LogP contribution < -0.4 is 0 Å². The second-order valence-electron chi connectivity index (χ2n) is 9.24. The number of rotatable bonds is 2. The van der Waals surface area contributed by atoms with E-state index in [-0.39, 0.29) is 40.0 Å². The fourth-order valence-corrected chi connectivity index (χ4v) is 7.02. The second kappa shape index (κ2) is 5.60. The standard InChI is InChI=1S/C21H28O4/c1-20-8-7-13(23)9-12(20)3-4-14-15-5-6-16(18(25)11-22)21(15,2)10-17(24)19(14)20/h9,14-16,19,22H,3-8,10-11H2,1-2H3/t14-,15-,16+,19+,20+,21-/m0/s1. The van der Waals surface area contributed by atoms with Gasteiger partial charge in [0.05, 0.1) is 0 Å². The molecule has 0 aromatic rings. The van der Waals surface area contributed by atoms with Gasteiger partial charge in [-0.05, 0) is 60.8 Å². The van der Waals surface area contributed by atoms with Crippen molar-refractivity contribution in [2.75, 3.05) is 6.61 Å². The SMILES string of the molecule is C[C@]12CC(=O)[C@H]3[C@@H](CCC4=CC(=O)CC[C@]43C)[C@@H]1CC[C@@H]2C(=O)CO. The number of ketones is 3. The smallest absolute Gasteiger partial charge is 0.161 e. The van der Waals surface area contributed by atoms with Gasteiger partial charge in [0.1, 0.15) is 12.4 Å². The van der Waals surface area contributed by atoms with Crippen LogP contribution in [0.15, 0.2) is 11.6 Å². The third-order valence-corrected chi connectivity index (χ3v) is 8.19. The number of carbonyl (C=O) groups excluding carboxylic acids is 3. The molecular formula is C21H28O4. The van der Waals surface area contributed by atoms with Crippen LogP contribution in [0.25, 0.3) is 0 Å². The van der Waals surface area contributed by atoms with E-state index in [1.54, 1.807) is 0 Å². The lowest BCUT2D eigenvalue weighted by atomic mass is 9.46. The molecule has 4 nitrogen and oxygen atoms in total. The summed E-state index contributed by atoms with van der Waals surface area (Å²) in [4.78, 5) is 37.4. The Labute approximate surface area is 149 Å². The van der Waals surface area contributed by atoms with Gasteiger partial charge in [-0.15, -0.1) is 0 Å². The number of allylic oxidation sites excluding steroid dienone is 1. The highest BCUT2D eigenvalue weighted by molar-refractivity contribution is 5.93. The van der Waals surface area contributed by atoms with Gasteiger partial charge in [-0.2, -0.15) is 0 Å². The molecule has 6 atom stereocenters. The van der Waals surface area contributed by atoms with Crippen LogP contribution in [-0.4, -0.2) is 29.1 Å². The van der Waals surface area contributed by atoms with E-state index >= 15 is 0 Å². The molecule has 0 aromatic carbocycles. The van der Waals surface area contributed by atoms with E-state index in [0.717, 1.165) is 32.1 Å². The van der Waals surface area contributed by atoms with Crippen LogP contribution in [0.3, 0.4) is 0 Å². The summed E-state index contributed by atoms with van der Waals surface area (Å²) >= 11 is 0. The topological polar surface area (TPSA) is 71.4 Å². The van der Waals surface area contributed by atoms with Gasteiger partial charge in [-0.25, -0.2) is 0 Å². The Morgan fingerprint density at radius 1 is 1.20 bits per heavy atom. The van der Waals surface area contributed by atoms with Gasteiger partial charge in [0.2, 0.25) is 0 Å². The summed E-state index contributed by atoms with van der Waals surface area (Å²) in [5, 5.41) is 9.34. The Bertz CT molecular complexity index is 677. The van der Waals surface area contributed by atoms with Crippen molar-refractivity contribution in [1.29, 1.82) is 0 Å². The van der Waals surface area contributed by atoms with Gasteiger partial charge >= 0.3 is 0 Å². The maximum atomic E-state index is 13.3. The molecule has 1 N–H and O–H groups in total. The molecule has 3 fully saturated rings. The van der Waals surface area contributed by atoms with Crippen molar-refractivity contribution >= 4 is 17.3 Å². The summed E-state index contributed by atoms with van der Waals surface area (Å²) in [5.41, 5.74) is 0.719. The van der Waals surface area contributed by atoms with Crippen molar-refractivity contribution in [3.63, 3.8) is 0 Å². The highest BCUT2D eigenvalue weighted by atomic mass is 16.3. The van der Waals surface area contributed by atoms with E-state index in [9.17, 15) is 19.5 Å². The van der Waals surface area contributed by atoms with Crippen molar-refractivity contribution in [1.82, 2.24) is 0 Å². The number of carbonyl (C=O) groups is 3. The number of Topliss-reactive ketones (excluding diaryl/α,β-unsaturated/α-hetero) is 2. The van der Waals surface area contributed by atoms with Gasteiger partial charge in [-0.1, -0.05) is 19.4 Å². The van der Waals surface area contributed by atoms with Crippen LogP contribution in [-0.2, 0) is 14.4 Å². The minimum atomic E-state index is -0.415. The molecule has 0 aromatic heterocycles. The molecule has 4 aliphatic rings. The van der Waals surface area contributed by atoms with E-state index in [4.69, 9.17) is 0 Å². The van der Waals surface area contributed by atoms with Crippen molar-refractivity contribution in [2.45, 2.75) is 58.8 Å². The minimum Gasteiger partial charge on any atom is -0.389 e. The maximum absolute atomic E-state index is 13.3. The van der Waals surface area contributed by atoms with Crippen molar-refractivity contribution in [2.24, 2.45) is 34.5 Å². The number of hydrogen-bond acceptors (Lipinski definition) is 4. The first-order valence-corrected chi connectivity index (χ1v) is 9.71. The summed E-state index contributed by atoms with van der Waals surface area (Å²) < 4.78 is 0. The molecular weight excluding hydrogens is 316 g/mol. The predicted octanol–water partition coefficient (Wildman–Crippen LogP) is 2.87. The number of fused-ring (bicyclic) bond motifs is 5. The molecule has 4 rings (SSSR count). The Balaban J connectivity index is 1.71. The molecule has 0 heterocycles. The molecule has 0 unspecified atom stereocenters. The van der Waals surface area contributed by atoms with Crippen molar-refractivity contribution in [3.8, 4) is 0 Å². The van der Waals surface area contributed by atoms with Crippen LogP contribution in [0.2, 0.25) is 0 Å². The molecule has 0 spiro atoms. The summed E-state index contributed by atoms with van der Waals surface area (Å²) in [6.45, 7) is 3.88. The van der Waals surface area contributed by atoms with E-state index in [2.05, 4.69) is 13.8 Å². The second-order valence-corrected chi connectivity index (χ2v) is 9.24. The predicted molar refractivity (Wildman–Crippen MR) is 92.7 cm³/mol. The number of aliphatic hydroxyl groups excluding tert-OH is 1.